The number of rotatable bonds is 1. The first-order chi connectivity index (χ1) is 5.11. The molecule has 58 valence electrons. The highest BCUT2D eigenvalue weighted by molar-refractivity contribution is 14.1. The van der Waals surface area contributed by atoms with Gasteiger partial charge in [-0.15, -0.1) is 0 Å². The van der Waals surface area contributed by atoms with E-state index in [1.54, 1.807) is 0 Å². The zero-order chi connectivity index (χ0) is 8.43. The van der Waals surface area contributed by atoms with Crippen molar-refractivity contribution in [2.24, 2.45) is 0 Å². The topological polar surface area (TPSA) is 0 Å². The normalized spacial score (nSPS) is 9.73. The Hall–Kier alpha value is -0.310. The lowest BCUT2D eigenvalue weighted by molar-refractivity contribution is 1.42. The molecule has 0 aliphatic rings. The third kappa shape index (κ3) is 2.06. The van der Waals surface area contributed by atoms with Crippen LogP contribution in [0.4, 0.5) is 0 Å². The number of aryl methyl sites for hydroxylation is 1. The summed E-state index contributed by atoms with van der Waals surface area (Å²) in [6.07, 6.45) is 0. The van der Waals surface area contributed by atoms with Crippen LogP contribution < -0.4 is 0 Å². The quantitative estimate of drug-likeness (QED) is 0.675. The van der Waals surface area contributed by atoms with Gasteiger partial charge in [0.2, 0.25) is 0 Å². The molecule has 0 unspecified atom stereocenters. The predicted molar refractivity (Wildman–Crippen MR) is 58.6 cm³/mol. The highest BCUT2D eigenvalue weighted by atomic mass is 127. The number of allylic oxidation sites excluding steroid dienone is 1. The van der Waals surface area contributed by atoms with Crippen molar-refractivity contribution >= 4 is 28.2 Å². The first kappa shape index (κ1) is 8.78. The maximum absolute atomic E-state index is 3.91. The Kier molecular flexibility index (Phi) is 2.71. The zero-order valence-electron chi connectivity index (χ0n) is 6.82. The van der Waals surface area contributed by atoms with Gasteiger partial charge in [-0.05, 0) is 48.1 Å². The monoisotopic (exact) mass is 258 g/mol. The van der Waals surface area contributed by atoms with Crippen LogP contribution >= 0.6 is 22.6 Å². The van der Waals surface area contributed by atoms with E-state index in [1.807, 2.05) is 6.92 Å². The van der Waals surface area contributed by atoms with E-state index < -0.39 is 0 Å². The van der Waals surface area contributed by atoms with Gasteiger partial charge in [-0.25, -0.2) is 0 Å². The summed E-state index contributed by atoms with van der Waals surface area (Å²) >= 11 is 2.34. The molecule has 0 amide bonds. The van der Waals surface area contributed by atoms with Gasteiger partial charge >= 0.3 is 0 Å². The maximum atomic E-state index is 3.91. The molecule has 0 aromatic heterocycles. The minimum Gasteiger partial charge on any atom is -0.0955 e. The second-order valence-electron chi connectivity index (χ2n) is 2.76. The number of halogens is 1. The third-order valence-electron chi connectivity index (χ3n) is 1.58. The molecular formula is C10H11I. The van der Waals surface area contributed by atoms with Crippen LogP contribution in [0, 0.1) is 10.5 Å². The van der Waals surface area contributed by atoms with Crippen LogP contribution in [0.15, 0.2) is 24.8 Å². The molecule has 11 heavy (non-hydrogen) atoms. The van der Waals surface area contributed by atoms with Gasteiger partial charge in [0.15, 0.2) is 0 Å². The van der Waals surface area contributed by atoms with Crippen molar-refractivity contribution in [2.75, 3.05) is 0 Å². The van der Waals surface area contributed by atoms with E-state index in [4.69, 9.17) is 0 Å². The molecule has 0 atom stereocenters. The summed E-state index contributed by atoms with van der Waals surface area (Å²) < 4.78 is 1.29. The SMILES string of the molecule is C=C(C)c1ccc(C)cc1I. The van der Waals surface area contributed by atoms with Crippen molar-refractivity contribution in [3.63, 3.8) is 0 Å². The fraction of sp³-hybridized carbons (Fsp3) is 0.200. The summed E-state index contributed by atoms with van der Waals surface area (Å²) in [7, 11) is 0. The zero-order valence-corrected chi connectivity index (χ0v) is 8.97. The molecule has 0 radical (unpaired) electrons. The van der Waals surface area contributed by atoms with E-state index >= 15 is 0 Å². The fourth-order valence-electron chi connectivity index (χ4n) is 0.966. The molecule has 0 aliphatic carbocycles. The van der Waals surface area contributed by atoms with Crippen molar-refractivity contribution in [3.05, 3.63) is 39.5 Å². The first-order valence-electron chi connectivity index (χ1n) is 3.53. The van der Waals surface area contributed by atoms with E-state index in [2.05, 4.69) is 54.3 Å². The lowest BCUT2D eigenvalue weighted by Crippen LogP contribution is -1.84. The Morgan fingerprint density at radius 1 is 1.45 bits per heavy atom. The molecule has 0 saturated heterocycles. The van der Waals surface area contributed by atoms with Gasteiger partial charge in [-0.1, -0.05) is 29.8 Å². The molecule has 0 aliphatic heterocycles. The molecule has 0 spiro atoms. The molecule has 0 saturated carbocycles. The van der Waals surface area contributed by atoms with Crippen LogP contribution in [0.25, 0.3) is 5.57 Å². The van der Waals surface area contributed by atoms with E-state index in [9.17, 15) is 0 Å². The van der Waals surface area contributed by atoms with Gasteiger partial charge in [0.1, 0.15) is 0 Å². The van der Waals surface area contributed by atoms with Crippen LogP contribution in [-0.4, -0.2) is 0 Å². The Labute approximate surface area is 81.5 Å². The Bertz CT molecular complexity index is 287. The molecule has 1 rings (SSSR count). The van der Waals surface area contributed by atoms with Gasteiger partial charge in [0, 0.05) is 3.57 Å². The minimum absolute atomic E-state index is 1.13. The molecule has 0 N–H and O–H groups in total. The van der Waals surface area contributed by atoms with Crippen molar-refractivity contribution in [3.8, 4) is 0 Å². The van der Waals surface area contributed by atoms with E-state index in [0.29, 0.717) is 0 Å². The van der Waals surface area contributed by atoms with Crippen LogP contribution in [-0.2, 0) is 0 Å². The Morgan fingerprint density at radius 2 is 2.09 bits per heavy atom. The van der Waals surface area contributed by atoms with Crippen molar-refractivity contribution in [1.82, 2.24) is 0 Å². The molecule has 1 aromatic rings. The van der Waals surface area contributed by atoms with Gasteiger partial charge < -0.3 is 0 Å². The summed E-state index contributed by atoms with van der Waals surface area (Å²) in [5.74, 6) is 0. The predicted octanol–water partition coefficient (Wildman–Crippen LogP) is 3.63. The summed E-state index contributed by atoms with van der Waals surface area (Å²) in [5, 5.41) is 0. The molecule has 0 heterocycles. The first-order valence-corrected chi connectivity index (χ1v) is 4.61. The molecule has 1 aromatic carbocycles. The van der Waals surface area contributed by atoms with Crippen LogP contribution in [0.2, 0.25) is 0 Å². The lowest BCUT2D eigenvalue weighted by atomic mass is 10.1. The Morgan fingerprint density at radius 3 is 2.55 bits per heavy atom. The summed E-state index contributed by atoms with van der Waals surface area (Å²) in [6, 6.07) is 6.41. The molecule has 0 bridgehead atoms. The van der Waals surface area contributed by atoms with E-state index in [1.165, 1.54) is 14.7 Å². The molecule has 1 heteroatoms. The van der Waals surface area contributed by atoms with Gasteiger partial charge in [0.05, 0.1) is 0 Å². The average molecular weight is 258 g/mol. The van der Waals surface area contributed by atoms with Crippen molar-refractivity contribution < 1.29 is 0 Å². The van der Waals surface area contributed by atoms with Crippen LogP contribution in [0.5, 0.6) is 0 Å². The number of hydrogen-bond donors (Lipinski definition) is 0. The highest BCUT2D eigenvalue weighted by Crippen LogP contribution is 2.20. The van der Waals surface area contributed by atoms with E-state index in [0.717, 1.165) is 5.57 Å². The minimum atomic E-state index is 1.13. The van der Waals surface area contributed by atoms with E-state index in [-0.39, 0.29) is 0 Å². The van der Waals surface area contributed by atoms with Gasteiger partial charge in [-0.3, -0.25) is 0 Å². The second kappa shape index (κ2) is 3.39. The Balaban J connectivity index is 3.20. The molecule has 0 nitrogen and oxygen atoms in total. The largest absolute Gasteiger partial charge is 0.0955 e. The fourth-order valence-corrected chi connectivity index (χ4v) is 2.10. The number of hydrogen-bond acceptors (Lipinski definition) is 0. The average Bonchev–Trinajstić information content (AvgIpc) is 1.85. The summed E-state index contributed by atoms with van der Waals surface area (Å²) in [5.41, 5.74) is 3.70. The standard InChI is InChI=1S/C10H11I/c1-7(2)9-5-4-8(3)6-10(9)11/h4-6H,1H2,2-3H3. The van der Waals surface area contributed by atoms with Gasteiger partial charge in [0.25, 0.3) is 0 Å². The van der Waals surface area contributed by atoms with Crippen LogP contribution in [0.1, 0.15) is 18.1 Å². The summed E-state index contributed by atoms with van der Waals surface area (Å²) in [6.45, 7) is 8.05. The van der Waals surface area contributed by atoms with Crippen LogP contribution in [0.3, 0.4) is 0 Å². The highest BCUT2D eigenvalue weighted by Gasteiger charge is 1.98. The molecule has 0 fully saturated rings. The number of benzene rings is 1. The summed E-state index contributed by atoms with van der Waals surface area (Å²) in [4.78, 5) is 0. The third-order valence-corrected chi connectivity index (χ3v) is 2.48. The second-order valence-corrected chi connectivity index (χ2v) is 3.93. The smallest absolute Gasteiger partial charge is 0.0207 e. The maximum Gasteiger partial charge on any atom is 0.0207 e. The molecular weight excluding hydrogens is 247 g/mol. The van der Waals surface area contributed by atoms with Gasteiger partial charge in [-0.2, -0.15) is 0 Å². The van der Waals surface area contributed by atoms with Crippen molar-refractivity contribution in [1.29, 1.82) is 0 Å². The van der Waals surface area contributed by atoms with Crippen molar-refractivity contribution in [2.45, 2.75) is 13.8 Å². The lowest BCUT2D eigenvalue weighted by Gasteiger charge is -2.03.